The Hall–Kier alpha value is -0.930. The Morgan fingerprint density at radius 3 is 2.94 bits per heavy atom. The first-order chi connectivity index (χ1) is 7.77. The summed E-state index contributed by atoms with van der Waals surface area (Å²) >= 11 is 0. The van der Waals surface area contributed by atoms with Crippen LogP contribution in [0.5, 0.6) is 0 Å². The lowest BCUT2D eigenvalue weighted by atomic mass is 10.1. The van der Waals surface area contributed by atoms with Gasteiger partial charge >= 0.3 is 0 Å². The molecule has 3 nitrogen and oxygen atoms in total. The van der Waals surface area contributed by atoms with Crippen LogP contribution in [0.4, 0.5) is 0 Å². The summed E-state index contributed by atoms with van der Waals surface area (Å²) in [6.07, 6.45) is 5.90. The summed E-state index contributed by atoms with van der Waals surface area (Å²) in [4.78, 5) is 6.58. The average Bonchev–Trinajstić information content (AvgIpc) is 2.74. The maximum atomic E-state index is 9.80. The molecule has 88 valence electrons. The summed E-state index contributed by atoms with van der Waals surface area (Å²) in [6.45, 7) is 0.971. The zero-order chi connectivity index (χ0) is 11.4. The minimum Gasteiger partial charge on any atom is -0.391 e. The van der Waals surface area contributed by atoms with Gasteiger partial charge in [-0.25, -0.2) is 0 Å². The van der Waals surface area contributed by atoms with E-state index in [9.17, 15) is 5.11 Å². The van der Waals surface area contributed by atoms with Crippen LogP contribution in [-0.2, 0) is 6.42 Å². The van der Waals surface area contributed by atoms with Gasteiger partial charge in [0, 0.05) is 30.9 Å². The van der Waals surface area contributed by atoms with E-state index in [2.05, 4.69) is 23.0 Å². The molecule has 1 N–H and O–H groups in total. The molecule has 1 fully saturated rings. The van der Waals surface area contributed by atoms with Gasteiger partial charge in [0.25, 0.3) is 0 Å². The van der Waals surface area contributed by atoms with Crippen molar-refractivity contribution >= 4 is 0 Å². The van der Waals surface area contributed by atoms with E-state index in [0.29, 0.717) is 6.04 Å². The standard InChI is InChI=1S/C13H20N2O/c1-15(12-6-4-7-13(12)16)10-8-11-5-2-3-9-14-11/h2-3,5,9,12-13,16H,4,6-8,10H2,1H3/t12-,13-/m0/s1. The van der Waals surface area contributed by atoms with Crippen LogP contribution >= 0.6 is 0 Å². The summed E-state index contributed by atoms with van der Waals surface area (Å²) in [6, 6.07) is 6.36. The van der Waals surface area contributed by atoms with Crippen molar-refractivity contribution in [3.05, 3.63) is 30.1 Å². The molecule has 1 aromatic heterocycles. The van der Waals surface area contributed by atoms with Gasteiger partial charge < -0.3 is 10.0 Å². The van der Waals surface area contributed by atoms with E-state index < -0.39 is 0 Å². The molecule has 1 aromatic rings. The van der Waals surface area contributed by atoms with Gasteiger partial charge in [0.15, 0.2) is 0 Å². The molecule has 0 aromatic carbocycles. The normalized spacial score (nSPS) is 25.2. The maximum absolute atomic E-state index is 9.80. The Labute approximate surface area is 97.1 Å². The van der Waals surface area contributed by atoms with E-state index in [-0.39, 0.29) is 6.10 Å². The fraction of sp³-hybridized carbons (Fsp3) is 0.615. The third-order valence-electron chi connectivity index (χ3n) is 3.46. The molecule has 2 rings (SSSR count). The number of hydrogen-bond acceptors (Lipinski definition) is 3. The highest BCUT2D eigenvalue weighted by atomic mass is 16.3. The lowest BCUT2D eigenvalue weighted by Crippen LogP contribution is -2.38. The highest BCUT2D eigenvalue weighted by Crippen LogP contribution is 2.23. The topological polar surface area (TPSA) is 36.4 Å². The van der Waals surface area contributed by atoms with Gasteiger partial charge in [-0.1, -0.05) is 6.07 Å². The van der Waals surface area contributed by atoms with Gasteiger partial charge in [-0.3, -0.25) is 4.98 Å². The fourth-order valence-electron chi connectivity index (χ4n) is 2.44. The SMILES string of the molecule is CN(CCc1ccccn1)[C@H]1CCC[C@@H]1O. The van der Waals surface area contributed by atoms with Crippen LogP contribution in [0.15, 0.2) is 24.4 Å². The zero-order valence-electron chi connectivity index (χ0n) is 9.84. The number of pyridine rings is 1. The van der Waals surface area contributed by atoms with Gasteiger partial charge in [0.05, 0.1) is 6.10 Å². The smallest absolute Gasteiger partial charge is 0.0695 e. The Balaban J connectivity index is 1.81. The first kappa shape index (κ1) is 11.6. The van der Waals surface area contributed by atoms with Crippen LogP contribution < -0.4 is 0 Å². The number of nitrogens with zero attached hydrogens (tertiary/aromatic N) is 2. The van der Waals surface area contributed by atoms with E-state index in [0.717, 1.165) is 37.9 Å². The Kier molecular flexibility index (Phi) is 3.91. The van der Waals surface area contributed by atoms with Crippen LogP contribution in [0.2, 0.25) is 0 Å². The van der Waals surface area contributed by atoms with Crippen molar-refractivity contribution in [1.82, 2.24) is 9.88 Å². The molecule has 0 amide bonds. The molecule has 3 heteroatoms. The van der Waals surface area contributed by atoms with Crippen LogP contribution in [0.25, 0.3) is 0 Å². The van der Waals surface area contributed by atoms with Crippen molar-refractivity contribution in [2.45, 2.75) is 37.8 Å². The van der Waals surface area contributed by atoms with Crippen LogP contribution in [0.3, 0.4) is 0 Å². The first-order valence-electron chi connectivity index (χ1n) is 6.05. The number of aliphatic hydroxyl groups is 1. The molecule has 1 aliphatic rings. The molecule has 1 aliphatic carbocycles. The van der Waals surface area contributed by atoms with Gasteiger partial charge in [0.2, 0.25) is 0 Å². The molecular weight excluding hydrogens is 200 g/mol. The van der Waals surface area contributed by atoms with Crippen molar-refractivity contribution < 1.29 is 5.11 Å². The highest BCUT2D eigenvalue weighted by molar-refractivity contribution is 5.03. The van der Waals surface area contributed by atoms with Gasteiger partial charge in [-0.05, 0) is 38.4 Å². The molecular formula is C13H20N2O. The van der Waals surface area contributed by atoms with Crippen molar-refractivity contribution in [2.75, 3.05) is 13.6 Å². The first-order valence-corrected chi connectivity index (χ1v) is 6.05. The Morgan fingerprint density at radius 1 is 1.44 bits per heavy atom. The van der Waals surface area contributed by atoms with Gasteiger partial charge in [-0.2, -0.15) is 0 Å². The molecule has 0 saturated heterocycles. The predicted octanol–water partition coefficient (Wildman–Crippen LogP) is 1.47. The zero-order valence-corrected chi connectivity index (χ0v) is 9.84. The van der Waals surface area contributed by atoms with E-state index >= 15 is 0 Å². The third-order valence-corrected chi connectivity index (χ3v) is 3.46. The number of likely N-dealkylation sites (N-methyl/N-ethyl adjacent to an activating group) is 1. The Bertz CT molecular complexity index is 315. The highest BCUT2D eigenvalue weighted by Gasteiger charge is 2.28. The van der Waals surface area contributed by atoms with Crippen molar-refractivity contribution in [3.63, 3.8) is 0 Å². The summed E-state index contributed by atoms with van der Waals surface area (Å²) in [5, 5.41) is 9.80. The minimum atomic E-state index is -0.131. The van der Waals surface area contributed by atoms with Crippen LogP contribution in [-0.4, -0.2) is 40.7 Å². The second-order valence-electron chi connectivity index (χ2n) is 4.62. The number of hydrogen-bond donors (Lipinski definition) is 1. The molecule has 0 aliphatic heterocycles. The molecule has 0 unspecified atom stereocenters. The summed E-state index contributed by atoms with van der Waals surface area (Å²) in [5.41, 5.74) is 1.13. The van der Waals surface area contributed by atoms with Crippen molar-refractivity contribution in [3.8, 4) is 0 Å². The largest absolute Gasteiger partial charge is 0.391 e. The lowest BCUT2D eigenvalue weighted by molar-refractivity contribution is 0.0868. The second-order valence-corrected chi connectivity index (χ2v) is 4.62. The number of aliphatic hydroxyl groups excluding tert-OH is 1. The van der Waals surface area contributed by atoms with E-state index in [4.69, 9.17) is 0 Å². The number of rotatable bonds is 4. The molecule has 1 saturated carbocycles. The average molecular weight is 220 g/mol. The third kappa shape index (κ3) is 2.80. The minimum absolute atomic E-state index is 0.131. The Morgan fingerprint density at radius 2 is 2.31 bits per heavy atom. The van der Waals surface area contributed by atoms with E-state index in [1.54, 1.807) is 0 Å². The second kappa shape index (κ2) is 5.41. The van der Waals surface area contributed by atoms with Gasteiger partial charge in [0.1, 0.15) is 0 Å². The quantitative estimate of drug-likeness (QED) is 0.834. The number of aromatic nitrogens is 1. The van der Waals surface area contributed by atoms with E-state index in [1.165, 1.54) is 0 Å². The van der Waals surface area contributed by atoms with Gasteiger partial charge in [-0.15, -0.1) is 0 Å². The van der Waals surface area contributed by atoms with Crippen molar-refractivity contribution in [2.24, 2.45) is 0 Å². The molecule has 0 radical (unpaired) electrons. The van der Waals surface area contributed by atoms with Crippen molar-refractivity contribution in [1.29, 1.82) is 0 Å². The predicted molar refractivity (Wildman–Crippen MR) is 64.2 cm³/mol. The van der Waals surface area contributed by atoms with E-state index in [1.807, 2.05) is 18.3 Å². The lowest BCUT2D eigenvalue weighted by Gasteiger charge is -2.26. The maximum Gasteiger partial charge on any atom is 0.0695 e. The molecule has 2 atom stereocenters. The summed E-state index contributed by atoms with van der Waals surface area (Å²) < 4.78 is 0. The monoisotopic (exact) mass is 220 g/mol. The summed E-state index contributed by atoms with van der Waals surface area (Å²) in [7, 11) is 2.10. The fourth-order valence-corrected chi connectivity index (χ4v) is 2.44. The molecule has 16 heavy (non-hydrogen) atoms. The molecule has 1 heterocycles. The van der Waals surface area contributed by atoms with Crippen LogP contribution in [0.1, 0.15) is 25.0 Å². The van der Waals surface area contributed by atoms with Crippen LogP contribution in [0, 0.1) is 0 Å². The molecule has 0 bridgehead atoms. The molecule has 0 spiro atoms. The summed E-state index contributed by atoms with van der Waals surface area (Å²) in [5.74, 6) is 0.